The van der Waals surface area contributed by atoms with E-state index in [1.165, 1.54) is 12.3 Å². The minimum Gasteiger partial charge on any atom is -0.449 e. The molecule has 2 rings (SSSR count). The molecular formula is C12H8F2N2O3. The largest absolute Gasteiger partial charge is 0.449 e. The molecule has 19 heavy (non-hydrogen) atoms. The number of nitrogens with one attached hydrogen (secondary N) is 1. The van der Waals surface area contributed by atoms with Crippen LogP contribution in [0.15, 0.2) is 47.4 Å². The minimum absolute atomic E-state index is 0.161. The van der Waals surface area contributed by atoms with Gasteiger partial charge in [0.05, 0.1) is 0 Å². The van der Waals surface area contributed by atoms with Gasteiger partial charge in [-0.05, 0) is 12.1 Å². The van der Waals surface area contributed by atoms with Crippen LogP contribution in [0, 0.1) is 11.6 Å². The highest BCUT2D eigenvalue weighted by Gasteiger charge is 2.14. The molecule has 1 N–H and O–H groups in total. The smallest absolute Gasteiger partial charge is 0.291 e. The Hall–Kier alpha value is -2.70. The first-order valence-corrected chi connectivity index (χ1v) is 5.10. The summed E-state index contributed by atoms with van der Waals surface area (Å²) in [5.74, 6) is -2.92. The lowest BCUT2D eigenvalue weighted by Crippen LogP contribution is -2.17. The van der Waals surface area contributed by atoms with Crippen molar-refractivity contribution in [3.05, 3.63) is 54.5 Å². The maximum Gasteiger partial charge on any atom is 0.291 e. The first-order valence-electron chi connectivity index (χ1n) is 5.10. The maximum atomic E-state index is 13.3. The summed E-state index contributed by atoms with van der Waals surface area (Å²) in [5.41, 5.74) is 0. The molecule has 0 radical (unpaired) electrons. The van der Waals surface area contributed by atoms with Crippen molar-refractivity contribution in [2.45, 2.75) is 0 Å². The summed E-state index contributed by atoms with van der Waals surface area (Å²) in [4.78, 5) is 11.6. The topological polar surface area (TPSA) is 64.4 Å². The van der Waals surface area contributed by atoms with E-state index in [9.17, 15) is 13.6 Å². The van der Waals surface area contributed by atoms with Gasteiger partial charge < -0.3 is 14.6 Å². The Labute approximate surface area is 106 Å². The van der Waals surface area contributed by atoms with E-state index >= 15 is 0 Å². The van der Waals surface area contributed by atoms with Crippen molar-refractivity contribution in [2.24, 2.45) is 0 Å². The predicted molar refractivity (Wildman–Crippen MR) is 61.3 cm³/mol. The molecule has 7 heteroatoms. The summed E-state index contributed by atoms with van der Waals surface area (Å²) in [6.45, 7) is 3.34. The molecule has 5 nitrogen and oxygen atoms in total. The molecule has 1 heterocycles. The van der Waals surface area contributed by atoms with E-state index in [1.807, 2.05) is 0 Å². The fourth-order valence-electron chi connectivity index (χ4n) is 1.20. The van der Waals surface area contributed by atoms with Crippen molar-refractivity contribution in [1.29, 1.82) is 0 Å². The average Bonchev–Trinajstić information content (AvgIpc) is 2.85. The third-order valence-electron chi connectivity index (χ3n) is 2.06. The third-order valence-corrected chi connectivity index (χ3v) is 2.06. The zero-order chi connectivity index (χ0) is 13.8. The normalized spacial score (nSPS) is 10.0. The predicted octanol–water partition coefficient (Wildman–Crippen LogP) is 2.48. The highest BCUT2D eigenvalue weighted by Crippen LogP contribution is 2.20. The van der Waals surface area contributed by atoms with Gasteiger partial charge in [-0.2, -0.15) is 0 Å². The van der Waals surface area contributed by atoms with Gasteiger partial charge >= 0.3 is 0 Å². The van der Waals surface area contributed by atoms with Crippen LogP contribution in [0.1, 0.15) is 0 Å². The molecule has 0 saturated heterocycles. The van der Waals surface area contributed by atoms with E-state index in [2.05, 4.69) is 21.6 Å². The Balaban J connectivity index is 2.02. The number of anilines is 1. The summed E-state index contributed by atoms with van der Waals surface area (Å²) >= 11 is 0. The van der Waals surface area contributed by atoms with E-state index in [0.29, 0.717) is 6.07 Å². The molecule has 0 aliphatic heterocycles. The second-order valence-corrected chi connectivity index (χ2v) is 3.44. The molecule has 1 aromatic carbocycles. The highest BCUT2D eigenvalue weighted by molar-refractivity contribution is 6.01. The molecule has 0 aliphatic carbocycles. The van der Waals surface area contributed by atoms with Gasteiger partial charge in [-0.25, -0.2) is 8.78 Å². The molecule has 0 spiro atoms. The number of aromatic nitrogens is 1. The Kier molecular flexibility index (Phi) is 3.56. The monoisotopic (exact) mass is 266 g/mol. The quantitative estimate of drug-likeness (QED) is 0.682. The molecular weight excluding hydrogens is 258 g/mol. The van der Waals surface area contributed by atoms with Gasteiger partial charge in [-0.15, -0.1) is 0 Å². The number of hydrogen-bond acceptors (Lipinski definition) is 4. The van der Waals surface area contributed by atoms with E-state index in [0.717, 1.165) is 12.1 Å². The fraction of sp³-hybridized carbons (Fsp3) is 0. The third kappa shape index (κ3) is 3.15. The first-order chi connectivity index (χ1) is 9.06. The van der Waals surface area contributed by atoms with Crippen LogP contribution in [0.2, 0.25) is 0 Å². The number of ether oxygens (including phenoxy) is 1. The van der Waals surface area contributed by atoms with E-state index in [-0.39, 0.29) is 17.3 Å². The Morgan fingerprint density at radius 1 is 1.37 bits per heavy atom. The number of hydrogen-bond donors (Lipinski definition) is 1. The number of carbonyl (C=O) groups is 1. The van der Waals surface area contributed by atoms with Gasteiger partial charge in [0.15, 0.2) is 23.1 Å². The Morgan fingerprint density at radius 2 is 2.16 bits per heavy atom. The molecule has 0 fully saturated rings. The van der Waals surface area contributed by atoms with Crippen molar-refractivity contribution in [1.82, 2.24) is 5.16 Å². The van der Waals surface area contributed by atoms with Crippen LogP contribution in [-0.4, -0.2) is 11.1 Å². The van der Waals surface area contributed by atoms with Crippen LogP contribution in [0.25, 0.3) is 0 Å². The number of rotatable bonds is 4. The summed E-state index contributed by atoms with van der Waals surface area (Å²) in [6.07, 6.45) is 1.26. The zero-order valence-electron chi connectivity index (χ0n) is 9.52. The molecule has 1 amide bonds. The van der Waals surface area contributed by atoms with Gasteiger partial charge in [-0.3, -0.25) is 4.79 Å². The van der Waals surface area contributed by atoms with E-state index < -0.39 is 17.5 Å². The lowest BCUT2D eigenvalue weighted by Gasteiger charge is -2.08. The van der Waals surface area contributed by atoms with Crippen LogP contribution >= 0.6 is 0 Å². The van der Waals surface area contributed by atoms with Gasteiger partial charge in [0.2, 0.25) is 0 Å². The van der Waals surface area contributed by atoms with Crippen molar-refractivity contribution >= 4 is 11.7 Å². The van der Waals surface area contributed by atoms with Crippen LogP contribution in [0.3, 0.4) is 0 Å². The van der Waals surface area contributed by atoms with Gasteiger partial charge in [0.25, 0.3) is 5.91 Å². The van der Waals surface area contributed by atoms with E-state index in [1.54, 1.807) is 0 Å². The lowest BCUT2D eigenvalue weighted by molar-refractivity contribution is -0.114. The fourth-order valence-corrected chi connectivity index (χ4v) is 1.20. The van der Waals surface area contributed by atoms with Gasteiger partial charge in [0, 0.05) is 12.1 Å². The molecule has 1 aromatic heterocycles. The highest BCUT2D eigenvalue weighted by atomic mass is 19.1. The summed E-state index contributed by atoms with van der Waals surface area (Å²) in [6, 6.07) is 4.10. The SMILES string of the molecule is C=C(Oc1ccc(F)cc1F)C(=O)Nc1ccon1. The number of halogens is 2. The second-order valence-electron chi connectivity index (χ2n) is 3.44. The Bertz CT molecular complexity index is 611. The first kappa shape index (κ1) is 12.7. The molecule has 0 unspecified atom stereocenters. The summed E-state index contributed by atoms with van der Waals surface area (Å²) < 4.78 is 35.4. The maximum absolute atomic E-state index is 13.3. The molecule has 98 valence electrons. The van der Waals surface area contributed by atoms with Crippen molar-refractivity contribution < 1.29 is 22.8 Å². The molecule has 0 atom stereocenters. The lowest BCUT2D eigenvalue weighted by atomic mass is 10.3. The minimum atomic E-state index is -0.935. The van der Waals surface area contributed by atoms with Crippen LogP contribution in [0.5, 0.6) is 5.75 Å². The van der Waals surface area contributed by atoms with Crippen LogP contribution in [0.4, 0.5) is 14.6 Å². The second kappa shape index (κ2) is 5.30. The zero-order valence-corrected chi connectivity index (χ0v) is 9.52. The Morgan fingerprint density at radius 3 is 2.79 bits per heavy atom. The van der Waals surface area contributed by atoms with Crippen molar-refractivity contribution in [2.75, 3.05) is 5.32 Å². The molecule has 0 saturated carbocycles. The number of carbonyl (C=O) groups excluding carboxylic acids is 1. The average molecular weight is 266 g/mol. The number of amides is 1. The number of benzene rings is 1. The summed E-state index contributed by atoms with van der Waals surface area (Å²) in [7, 11) is 0. The number of nitrogens with zero attached hydrogens (tertiary/aromatic N) is 1. The van der Waals surface area contributed by atoms with Gasteiger partial charge in [0.1, 0.15) is 12.1 Å². The molecule has 0 bridgehead atoms. The molecule has 0 aliphatic rings. The molecule has 2 aromatic rings. The van der Waals surface area contributed by atoms with Crippen LogP contribution in [-0.2, 0) is 4.79 Å². The van der Waals surface area contributed by atoms with E-state index in [4.69, 9.17) is 4.74 Å². The van der Waals surface area contributed by atoms with Crippen LogP contribution < -0.4 is 10.1 Å². The van der Waals surface area contributed by atoms with Crippen molar-refractivity contribution in [3.63, 3.8) is 0 Å². The summed E-state index contributed by atoms with van der Waals surface area (Å²) in [5, 5.41) is 5.76. The van der Waals surface area contributed by atoms with Gasteiger partial charge in [-0.1, -0.05) is 11.7 Å². The van der Waals surface area contributed by atoms with Crippen molar-refractivity contribution in [3.8, 4) is 5.75 Å². The standard InChI is InChI=1S/C12H8F2N2O3/c1-7(12(17)15-11-4-5-18-16-11)19-10-3-2-8(13)6-9(10)14/h2-6H,1H2,(H,15,16,17).